The molecule has 1 heterocycles. The lowest BCUT2D eigenvalue weighted by molar-refractivity contribution is 0.0694. The van der Waals surface area contributed by atoms with Gasteiger partial charge in [-0.1, -0.05) is 37.6 Å². The smallest absolute Gasteiger partial charge is 0.341 e. The molecule has 1 aromatic heterocycles. The Morgan fingerprint density at radius 1 is 1.25 bits per heavy atom. The number of carboxylic acids is 1. The fraction of sp³-hybridized carbons (Fsp3) is 0.333. The molecule has 2 aromatic carbocycles. The van der Waals surface area contributed by atoms with E-state index in [4.69, 9.17) is 16.3 Å². The number of aliphatic hydroxyl groups is 1. The average molecular weight is 541 g/mol. The number of hydrogen-bond acceptors (Lipinski definition) is 6. The van der Waals surface area contributed by atoms with Crippen LogP contribution in [0.4, 0.5) is 4.39 Å². The van der Waals surface area contributed by atoms with E-state index in [-0.39, 0.29) is 51.7 Å². The third kappa shape index (κ3) is 5.70. The highest BCUT2D eigenvalue weighted by Gasteiger charge is 2.23. The Kier molecular flexibility index (Phi) is 8.40. The SMILES string of the molecule is CNS(=O)(=O)COc1cc2c(cc1Cc1cccc(Cl)c1F)c(=O)c(C(=O)O)cn2[C@H](CO)C(C)C. The Morgan fingerprint density at radius 2 is 1.94 bits per heavy atom. The van der Waals surface area contributed by atoms with Gasteiger partial charge in [-0.15, -0.1) is 0 Å². The average Bonchev–Trinajstić information content (AvgIpc) is 2.82. The number of fused-ring (bicyclic) bond motifs is 1. The van der Waals surface area contributed by atoms with E-state index in [0.29, 0.717) is 0 Å². The Hall–Kier alpha value is -2.99. The zero-order chi connectivity index (χ0) is 26.8. The summed E-state index contributed by atoms with van der Waals surface area (Å²) in [6, 6.07) is 6.55. The number of carbonyl (C=O) groups is 1. The third-order valence-electron chi connectivity index (χ3n) is 5.85. The fourth-order valence-electron chi connectivity index (χ4n) is 3.83. The summed E-state index contributed by atoms with van der Waals surface area (Å²) in [6.45, 7) is 3.28. The van der Waals surface area contributed by atoms with Crippen molar-refractivity contribution in [3.05, 3.63) is 74.3 Å². The largest absolute Gasteiger partial charge is 0.477 e. The highest BCUT2D eigenvalue weighted by Crippen LogP contribution is 2.32. The van der Waals surface area contributed by atoms with E-state index >= 15 is 0 Å². The molecule has 0 aliphatic carbocycles. The zero-order valence-electron chi connectivity index (χ0n) is 19.8. The van der Waals surface area contributed by atoms with Crippen molar-refractivity contribution in [1.29, 1.82) is 0 Å². The molecule has 0 saturated heterocycles. The van der Waals surface area contributed by atoms with Gasteiger partial charge in [0.1, 0.15) is 17.1 Å². The van der Waals surface area contributed by atoms with Gasteiger partial charge in [-0.2, -0.15) is 0 Å². The summed E-state index contributed by atoms with van der Waals surface area (Å²) < 4.78 is 47.9. The Labute approximate surface area is 212 Å². The van der Waals surface area contributed by atoms with Gasteiger partial charge in [-0.3, -0.25) is 4.79 Å². The molecule has 3 rings (SSSR count). The van der Waals surface area contributed by atoms with Crippen molar-refractivity contribution < 1.29 is 32.6 Å². The van der Waals surface area contributed by atoms with Gasteiger partial charge in [0.05, 0.1) is 23.2 Å². The molecule has 194 valence electrons. The summed E-state index contributed by atoms with van der Waals surface area (Å²) >= 11 is 5.90. The number of aromatic carboxylic acids is 1. The van der Waals surface area contributed by atoms with E-state index in [1.165, 1.54) is 41.9 Å². The van der Waals surface area contributed by atoms with Gasteiger partial charge in [-0.05, 0) is 36.2 Å². The zero-order valence-corrected chi connectivity index (χ0v) is 21.4. The number of nitrogens with zero attached hydrogens (tertiary/aromatic N) is 1. The first kappa shape index (κ1) is 27.6. The molecule has 0 fully saturated rings. The minimum absolute atomic E-state index is 0.00439. The lowest BCUT2D eigenvalue weighted by atomic mass is 9.98. The summed E-state index contributed by atoms with van der Waals surface area (Å²) in [6.07, 6.45) is 1.03. The summed E-state index contributed by atoms with van der Waals surface area (Å²) in [5.74, 6) is -3.01. The number of sulfonamides is 1. The lowest BCUT2D eigenvalue weighted by Crippen LogP contribution is -2.26. The van der Waals surface area contributed by atoms with Crippen molar-refractivity contribution in [3.63, 3.8) is 0 Å². The van der Waals surface area contributed by atoms with Gasteiger partial charge in [-0.25, -0.2) is 22.3 Å². The van der Waals surface area contributed by atoms with Crippen molar-refractivity contribution in [1.82, 2.24) is 9.29 Å². The number of hydrogen-bond donors (Lipinski definition) is 3. The van der Waals surface area contributed by atoms with Crippen LogP contribution in [-0.2, 0) is 16.4 Å². The van der Waals surface area contributed by atoms with Gasteiger partial charge in [0.25, 0.3) is 0 Å². The molecule has 0 aliphatic rings. The van der Waals surface area contributed by atoms with Crippen LogP contribution in [0.15, 0.2) is 41.3 Å². The molecule has 0 amide bonds. The summed E-state index contributed by atoms with van der Waals surface area (Å²) in [4.78, 5) is 24.9. The molecular weight excluding hydrogens is 515 g/mol. The predicted octanol–water partition coefficient (Wildman–Crippen LogP) is 3.16. The normalized spacial score (nSPS) is 12.8. The first-order valence-electron chi connectivity index (χ1n) is 10.9. The van der Waals surface area contributed by atoms with Gasteiger partial charge in [0.2, 0.25) is 21.4 Å². The standard InChI is InChI=1S/C24H26ClFN2O7S/c1-13(2)20(11-29)28-10-17(24(31)32)23(30)16-8-15(7-14-5-4-6-18(25)22(14)26)21(9-19(16)28)35-12-36(33,34)27-3/h4-6,8-10,13,20,27,29H,7,11-12H2,1-3H3,(H,31,32)/t20-/m1/s1. The van der Waals surface area contributed by atoms with Crippen LogP contribution in [0, 0.1) is 11.7 Å². The topological polar surface area (TPSA) is 135 Å². The van der Waals surface area contributed by atoms with Gasteiger partial charge in [0.15, 0.2) is 0 Å². The maximum atomic E-state index is 14.7. The number of halogens is 2. The van der Waals surface area contributed by atoms with Crippen molar-refractivity contribution >= 4 is 38.5 Å². The van der Waals surface area contributed by atoms with Crippen molar-refractivity contribution in [2.45, 2.75) is 26.3 Å². The maximum absolute atomic E-state index is 14.7. The summed E-state index contributed by atoms with van der Waals surface area (Å²) in [5.41, 5.74) is -0.659. The second-order valence-electron chi connectivity index (χ2n) is 8.53. The van der Waals surface area contributed by atoms with Gasteiger partial charge < -0.3 is 19.5 Å². The van der Waals surface area contributed by atoms with Gasteiger partial charge in [0, 0.05) is 24.1 Å². The van der Waals surface area contributed by atoms with Gasteiger partial charge >= 0.3 is 5.97 Å². The molecular formula is C24H26ClFN2O7S. The van der Waals surface area contributed by atoms with E-state index in [2.05, 4.69) is 4.72 Å². The minimum atomic E-state index is -3.80. The molecule has 12 heteroatoms. The first-order chi connectivity index (χ1) is 16.9. The van der Waals surface area contributed by atoms with Crippen molar-refractivity contribution in [2.24, 2.45) is 5.92 Å². The van der Waals surface area contributed by atoms with Crippen LogP contribution in [0.1, 0.15) is 41.4 Å². The molecule has 1 atom stereocenters. The molecule has 3 N–H and O–H groups in total. The predicted molar refractivity (Wildman–Crippen MR) is 134 cm³/mol. The van der Waals surface area contributed by atoms with E-state index in [1.54, 1.807) is 0 Å². The minimum Gasteiger partial charge on any atom is -0.477 e. The molecule has 0 radical (unpaired) electrons. The second-order valence-corrected chi connectivity index (χ2v) is 10.8. The van der Waals surface area contributed by atoms with Crippen LogP contribution in [0.25, 0.3) is 10.9 Å². The Morgan fingerprint density at radius 3 is 2.53 bits per heavy atom. The second kappa shape index (κ2) is 11.0. The van der Waals surface area contributed by atoms with Crippen LogP contribution in [0.3, 0.4) is 0 Å². The first-order valence-corrected chi connectivity index (χ1v) is 13.0. The van der Waals surface area contributed by atoms with E-state index in [0.717, 1.165) is 6.20 Å². The maximum Gasteiger partial charge on any atom is 0.341 e. The van der Waals surface area contributed by atoms with Crippen LogP contribution in [0.5, 0.6) is 5.75 Å². The quantitative estimate of drug-likeness (QED) is 0.359. The lowest BCUT2D eigenvalue weighted by Gasteiger charge is -2.25. The van der Waals surface area contributed by atoms with Crippen molar-refractivity contribution in [3.8, 4) is 5.75 Å². The van der Waals surface area contributed by atoms with Crippen LogP contribution < -0.4 is 14.9 Å². The number of carboxylic acid groups (broad SMARTS) is 1. The summed E-state index contributed by atoms with van der Waals surface area (Å²) in [5, 5.41) is 19.5. The van der Waals surface area contributed by atoms with Crippen LogP contribution >= 0.6 is 11.6 Å². The Balaban J connectivity index is 2.35. The molecule has 9 nitrogen and oxygen atoms in total. The molecule has 0 bridgehead atoms. The molecule has 0 saturated carbocycles. The van der Waals surface area contributed by atoms with E-state index in [9.17, 15) is 32.6 Å². The van der Waals surface area contributed by atoms with Crippen molar-refractivity contribution in [2.75, 3.05) is 19.6 Å². The van der Waals surface area contributed by atoms with E-state index < -0.39 is 44.8 Å². The number of benzene rings is 2. The molecule has 0 unspecified atom stereocenters. The third-order valence-corrected chi connectivity index (χ3v) is 7.19. The highest BCUT2D eigenvalue weighted by molar-refractivity contribution is 7.89. The number of pyridine rings is 1. The fourth-order valence-corrected chi connectivity index (χ4v) is 4.43. The molecule has 3 aromatic rings. The number of ether oxygens (including phenoxy) is 1. The van der Waals surface area contributed by atoms with Crippen LogP contribution in [0.2, 0.25) is 5.02 Å². The molecule has 0 spiro atoms. The highest BCUT2D eigenvalue weighted by atomic mass is 35.5. The monoisotopic (exact) mass is 540 g/mol. The number of aliphatic hydroxyl groups excluding tert-OH is 1. The number of rotatable bonds is 10. The van der Waals surface area contributed by atoms with Crippen LogP contribution in [-0.4, -0.2) is 48.8 Å². The Bertz CT molecular complexity index is 1470. The molecule has 0 aliphatic heterocycles. The number of nitrogens with one attached hydrogen (secondary N) is 1. The number of aromatic nitrogens is 1. The van der Waals surface area contributed by atoms with E-state index in [1.807, 2.05) is 13.8 Å². The summed E-state index contributed by atoms with van der Waals surface area (Å²) in [7, 11) is -2.58. The molecule has 36 heavy (non-hydrogen) atoms.